The number of rotatable bonds is 2. The third kappa shape index (κ3) is 2.16. The average Bonchev–Trinajstić information content (AvgIpc) is 3.01. The van der Waals surface area contributed by atoms with E-state index in [2.05, 4.69) is 38.7 Å². The molecule has 0 radical (unpaired) electrons. The van der Waals surface area contributed by atoms with Crippen LogP contribution >= 0.6 is 11.6 Å². The van der Waals surface area contributed by atoms with Crippen LogP contribution in [0.4, 0.5) is 5.82 Å². The largest absolute Gasteiger partial charge is 0.347 e. The highest BCUT2D eigenvalue weighted by atomic mass is 35.5. The van der Waals surface area contributed by atoms with Gasteiger partial charge in [0, 0.05) is 30.9 Å². The predicted molar refractivity (Wildman–Crippen MR) is 84.6 cm³/mol. The van der Waals surface area contributed by atoms with E-state index in [1.807, 2.05) is 18.5 Å². The summed E-state index contributed by atoms with van der Waals surface area (Å²) in [5.74, 6) is 2.53. The van der Waals surface area contributed by atoms with Gasteiger partial charge in [0.2, 0.25) is 0 Å². The molecule has 0 spiro atoms. The molecule has 1 aliphatic rings. The van der Waals surface area contributed by atoms with Crippen LogP contribution in [0.5, 0.6) is 0 Å². The molecule has 4 rings (SSSR count). The Bertz CT molecular complexity index is 796. The average molecular weight is 299 g/mol. The standard InChI is InChI=1S/C16H15ClN4/c17-10-13-9-12-3-1-2-4-14(12)16(19-13)21-8-7-20-6-5-18-15(20)11-21/h1-6,9H,7-8,10-11H2. The SMILES string of the molecule is ClCc1cc2ccccc2c(N2CCn3ccnc3C2)n1. The van der Waals surface area contributed by atoms with Gasteiger partial charge < -0.3 is 9.47 Å². The molecule has 106 valence electrons. The third-order valence-corrected chi connectivity index (χ3v) is 4.23. The van der Waals surface area contributed by atoms with E-state index in [1.54, 1.807) is 0 Å². The van der Waals surface area contributed by atoms with Crippen LogP contribution in [0.15, 0.2) is 42.7 Å². The summed E-state index contributed by atoms with van der Waals surface area (Å²) in [6, 6.07) is 10.4. The van der Waals surface area contributed by atoms with Crippen LogP contribution in [0.3, 0.4) is 0 Å². The molecule has 0 amide bonds. The van der Waals surface area contributed by atoms with Crippen LogP contribution in [-0.2, 0) is 19.0 Å². The van der Waals surface area contributed by atoms with E-state index >= 15 is 0 Å². The Balaban J connectivity index is 1.83. The molecule has 5 heteroatoms. The maximum absolute atomic E-state index is 6.00. The minimum Gasteiger partial charge on any atom is -0.347 e. The molecule has 0 saturated carbocycles. The molecule has 0 saturated heterocycles. The number of benzene rings is 1. The lowest BCUT2D eigenvalue weighted by Gasteiger charge is -2.29. The van der Waals surface area contributed by atoms with Crippen molar-refractivity contribution in [1.29, 1.82) is 0 Å². The van der Waals surface area contributed by atoms with Crippen molar-refractivity contribution in [2.75, 3.05) is 11.4 Å². The third-order valence-electron chi connectivity index (χ3n) is 3.95. The van der Waals surface area contributed by atoms with Gasteiger partial charge in [0.1, 0.15) is 11.6 Å². The highest BCUT2D eigenvalue weighted by Crippen LogP contribution is 2.28. The quantitative estimate of drug-likeness (QED) is 0.681. The number of hydrogen-bond acceptors (Lipinski definition) is 3. The van der Waals surface area contributed by atoms with E-state index in [9.17, 15) is 0 Å². The normalized spacial score (nSPS) is 14.4. The fourth-order valence-corrected chi connectivity index (χ4v) is 3.04. The van der Waals surface area contributed by atoms with Crippen molar-refractivity contribution in [2.24, 2.45) is 0 Å². The minimum absolute atomic E-state index is 0.431. The summed E-state index contributed by atoms with van der Waals surface area (Å²) in [6.07, 6.45) is 3.90. The lowest BCUT2D eigenvalue weighted by Crippen LogP contribution is -2.34. The summed E-state index contributed by atoms with van der Waals surface area (Å²) < 4.78 is 2.20. The van der Waals surface area contributed by atoms with Gasteiger partial charge in [-0.2, -0.15) is 0 Å². The van der Waals surface area contributed by atoms with Gasteiger partial charge in [-0.25, -0.2) is 9.97 Å². The smallest absolute Gasteiger partial charge is 0.137 e. The number of nitrogens with zero attached hydrogens (tertiary/aromatic N) is 4. The van der Waals surface area contributed by atoms with E-state index in [0.717, 1.165) is 37.0 Å². The molecular formula is C16H15ClN4. The van der Waals surface area contributed by atoms with Crippen molar-refractivity contribution < 1.29 is 0 Å². The molecule has 0 aliphatic carbocycles. The Morgan fingerprint density at radius 1 is 1.19 bits per heavy atom. The molecule has 3 aromatic rings. The Labute approximate surface area is 128 Å². The first kappa shape index (κ1) is 12.7. The molecule has 0 bridgehead atoms. The molecule has 0 unspecified atom stereocenters. The number of hydrogen-bond donors (Lipinski definition) is 0. The van der Waals surface area contributed by atoms with Gasteiger partial charge in [-0.15, -0.1) is 11.6 Å². The Morgan fingerprint density at radius 2 is 2.10 bits per heavy atom. The van der Waals surface area contributed by atoms with Crippen LogP contribution in [0, 0.1) is 0 Å². The van der Waals surface area contributed by atoms with Gasteiger partial charge in [-0.3, -0.25) is 0 Å². The summed E-state index contributed by atoms with van der Waals surface area (Å²) in [6.45, 7) is 2.66. The van der Waals surface area contributed by atoms with Gasteiger partial charge in [0.05, 0.1) is 18.1 Å². The first-order valence-corrected chi connectivity index (χ1v) is 7.58. The van der Waals surface area contributed by atoms with E-state index in [-0.39, 0.29) is 0 Å². The second kappa shape index (κ2) is 5.04. The highest BCUT2D eigenvalue weighted by Gasteiger charge is 2.20. The van der Waals surface area contributed by atoms with E-state index in [0.29, 0.717) is 5.88 Å². The molecule has 0 atom stereocenters. The predicted octanol–water partition coefficient (Wildman–Crippen LogP) is 3.19. The number of halogens is 1. The molecule has 4 nitrogen and oxygen atoms in total. The summed E-state index contributed by atoms with van der Waals surface area (Å²) in [7, 11) is 0. The Kier molecular flexibility index (Phi) is 3.04. The van der Waals surface area contributed by atoms with Crippen molar-refractivity contribution in [1.82, 2.24) is 14.5 Å². The van der Waals surface area contributed by atoms with Gasteiger partial charge in [-0.1, -0.05) is 24.3 Å². The van der Waals surface area contributed by atoms with E-state index in [4.69, 9.17) is 16.6 Å². The summed E-state index contributed by atoms with van der Waals surface area (Å²) in [5, 5.41) is 2.36. The number of aromatic nitrogens is 3. The van der Waals surface area contributed by atoms with Crippen molar-refractivity contribution in [3.8, 4) is 0 Å². The van der Waals surface area contributed by atoms with Crippen molar-refractivity contribution in [3.63, 3.8) is 0 Å². The second-order valence-electron chi connectivity index (χ2n) is 5.25. The van der Waals surface area contributed by atoms with E-state index in [1.165, 1.54) is 10.8 Å². The first-order valence-electron chi connectivity index (χ1n) is 7.05. The van der Waals surface area contributed by atoms with Gasteiger partial charge >= 0.3 is 0 Å². The zero-order valence-electron chi connectivity index (χ0n) is 11.5. The van der Waals surface area contributed by atoms with Crippen molar-refractivity contribution in [2.45, 2.75) is 19.0 Å². The van der Waals surface area contributed by atoms with Crippen LogP contribution in [0.25, 0.3) is 10.8 Å². The summed E-state index contributed by atoms with van der Waals surface area (Å²) in [5.41, 5.74) is 0.916. The van der Waals surface area contributed by atoms with Gasteiger partial charge in [0.25, 0.3) is 0 Å². The van der Waals surface area contributed by atoms with Crippen molar-refractivity contribution in [3.05, 3.63) is 54.2 Å². The van der Waals surface area contributed by atoms with E-state index < -0.39 is 0 Å². The van der Waals surface area contributed by atoms with Crippen LogP contribution in [0.1, 0.15) is 11.5 Å². The zero-order chi connectivity index (χ0) is 14.2. The molecule has 2 aromatic heterocycles. The molecule has 0 fully saturated rings. The monoisotopic (exact) mass is 298 g/mol. The van der Waals surface area contributed by atoms with Crippen LogP contribution in [0.2, 0.25) is 0 Å². The number of anilines is 1. The summed E-state index contributed by atoms with van der Waals surface area (Å²) >= 11 is 6.00. The number of fused-ring (bicyclic) bond motifs is 2. The fraction of sp³-hybridized carbons (Fsp3) is 0.250. The molecule has 1 aliphatic heterocycles. The second-order valence-corrected chi connectivity index (χ2v) is 5.52. The lowest BCUT2D eigenvalue weighted by molar-refractivity contribution is 0.557. The molecular weight excluding hydrogens is 284 g/mol. The van der Waals surface area contributed by atoms with Crippen LogP contribution in [-0.4, -0.2) is 21.1 Å². The van der Waals surface area contributed by atoms with Gasteiger partial charge in [-0.05, 0) is 11.5 Å². The van der Waals surface area contributed by atoms with Gasteiger partial charge in [0.15, 0.2) is 0 Å². The summed E-state index contributed by atoms with van der Waals surface area (Å²) in [4.78, 5) is 11.5. The lowest BCUT2D eigenvalue weighted by atomic mass is 10.1. The number of pyridine rings is 1. The zero-order valence-corrected chi connectivity index (χ0v) is 12.3. The van der Waals surface area contributed by atoms with Crippen LogP contribution < -0.4 is 4.90 Å². The highest BCUT2D eigenvalue weighted by molar-refractivity contribution is 6.17. The minimum atomic E-state index is 0.431. The Hall–Kier alpha value is -2.07. The maximum atomic E-state index is 6.00. The molecule has 0 N–H and O–H groups in total. The molecule has 3 heterocycles. The van der Waals surface area contributed by atoms with Crippen molar-refractivity contribution >= 4 is 28.2 Å². The topological polar surface area (TPSA) is 34.0 Å². The fourth-order valence-electron chi connectivity index (χ4n) is 2.90. The Morgan fingerprint density at radius 3 is 3.00 bits per heavy atom. The number of alkyl halides is 1. The maximum Gasteiger partial charge on any atom is 0.137 e. The number of imidazole rings is 1. The molecule has 21 heavy (non-hydrogen) atoms. The first-order chi connectivity index (χ1) is 10.3. The molecule has 1 aromatic carbocycles.